The minimum atomic E-state index is -3.65. The molecule has 7 nitrogen and oxygen atoms in total. The molecule has 0 atom stereocenters. The first-order chi connectivity index (χ1) is 9.95. The van der Waals surface area contributed by atoms with Gasteiger partial charge < -0.3 is 9.84 Å². The van der Waals surface area contributed by atoms with Gasteiger partial charge in [0.2, 0.25) is 0 Å². The Balaban J connectivity index is 2.10. The quantitative estimate of drug-likeness (QED) is 0.864. The molecule has 0 bridgehead atoms. The number of rotatable bonds is 5. The summed E-state index contributed by atoms with van der Waals surface area (Å²) in [5.41, 5.74) is -0.0345. The van der Waals surface area contributed by atoms with Crippen LogP contribution in [0.5, 0.6) is 0 Å². The van der Waals surface area contributed by atoms with Crippen LogP contribution in [-0.4, -0.2) is 55.6 Å². The Morgan fingerprint density at radius 2 is 2.10 bits per heavy atom. The monoisotopic (exact) mass is 314 g/mol. The van der Waals surface area contributed by atoms with Crippen molar-refractivity contribution in [2.75, 3.05) is 26.8 Å². The lowest BCUT2D eigenvalue weighted by atomic mass is 9.99. The smallest absolute Gasteiger partial charge is 0.337 e. The van der Waals surface area contributed by atoms with Crippen molar-refractivity contribution < 1.29 is 23.1 Å². The van der Waals surface area contributed by atoms with E-state index in [2.05, 4.69) is 4.98 Å². The number of hydrogen-bond acceptors (Lipinski definition) is 5. The zero-order valence-electron chi connectivity index (χ0n) is 11.7. The number of nitrogens with zero attached hydrogens (tertiary/aromatic N) is 2. The van der Waals surface area contributed by atoms with Gasteiger partial charge in [-0.05, 0) is 30.9 Å². The van der Waals surface area contributed by atoms with E-state index < -0.39 is 16.0 Å². The highest BCUT2D eigenvalue weighted by atomic mass is 32.2. The number of methoxy groups -OCH3 is 1. The predicted molar refractivity (Wildman–Crippen MR) is 74.6 cm³/mol. The number of pyridine rings is 1. The molecule has 1 aromatic rings. The van der Waals surface area contributed by atoms with Gasteiger partial charge in [0.05, 0.1) is 5.56 Å². The molecule has 1 N–H and O–H groups in total. The molecule has 0 aromatic carbocycles. The summed E-state index contributed by atoms with van der Waals surface area (Å²) in [6, 6.07) is 2.49. The van der Waals surface area contributed by atoms with E-state index in [1.165, 1.54) is 16.4 Å². The fourth-order valence-corrected chi connectivity index (χ4v) is 3.73. The lowest BCUT2D eigenvalue weighted by molar-refractivity contribution is 0.0696. The van der Waals surface area contributed by atoms with Crippen molar-refractivity contribution in [3.05, 3.63) is 23.9 Å². The van der Waals surface area contributed by atoms with Gasteiger partial charge in [-0.15, -0.1) is 0 Å². The topological polar surface area (TPSA) is 96.8 Å². The molecular weight excluding hydrogens is 296 g/mol. The van der Waals surface area contributed by atoms with E-state index in [0.717, 1.165) is 19.0 Å². The van der Waals surface area contributed by atoms with Gasteiger partial charge in [-0.3, -0.25) is 0 Å². The van der Waals surface area contributed by atoms with E-state index in [0.29, 0.717) is 25.6 Å². The van der Waals surface area contributed by atoms with E-state index in [-0.39, 0.29) is 10.6 Å². The van der Waals surface area contributed by atoms with Crippen LogP contribution in [-0.2, 0) is 14.8 Å². The zero-order valence-corrected chi connectivity index (χ0v) is 12.5. The van der Waals surface area contributed by atoms with Gasteiger partial charge >= 0.3 is 5.97 Å². The number of carbonyl (C=O) groups is 1. The molecule has 2 rings (SSSR count). The van der Waals surface area contributed by atoms with Crippen molar-refractivity contribution >= 4 is 16.0 Å². The van der Waals surface area contributed by atoms with Gasteiger partial charge in [-0.2, -0.15) is 4.31 Å². The SMILES string of the molecule is COCC1CCN(S(=O)(=O)c2ccc(C(=O)O)cn2)CC1. The van der Waals surface area contributed by atoms with E-state index >= 15 is 0 Å². The summed E-state index contributed by atoms with van der Waals surface area (Å²) in [4.78, 5) is 14.5. The van der Waals surface area contributed by atoms with Gasteiger partial charge in [0.15, 0.2) is 5.03 Å². The molecule has 1 aliphatic heterocycles. The average molecular weight is 314 g/mol. The standard InChI is InChI=1S/C13H18N2O5S/c1-20-9-10-4-6-15(7-5-10)21(18,19)12-3-2-11(8-14-12)13(16)17/h2-3,8,10H,4-7,9H2,1H3,(H,16,17). The molecule has 2 heterocycles. The van der Waals surface area contributed by atoms with E-state index in [9.17, 15) is 13.2 Å². The van der Waals surface area contributed by atoms with Crippen molar-refractivity contribution in [2.24, 2.45) is 5.92 Å². The maximum Gasteiger partial charge on any atom is 0.337 e. The molecule has 1 saturated heterocycles. The molecule has 0 spiro atoms. The number of sulfonamides is 1. The Morgan fingerprint density at radius 3 is 2.57 bits per heavy atom. The lowest BCUT2D eigenvalue weighted by Gasteiger charge is -2.30. The Morgan fingerprint density at radius 1 is 1.43 bits per heavy atom. The summed E-state index contributed by atoms with van der Waals surface area (Å²) < 4.78 is 31.3. The van der Waals surface area contributed by atoms with Crippen LogP contribution in [0.2, 0.25) is 0 Å². The number of piperidine rings is 1. The number of carboxylic acid groups (broad SMARTS) is 1. The maximum atomic E-state index is 12.4. The van der Waals surface area contributed by atoms with Crippen molar-refractivity contribution in [2.45, 2.75) is 17.9 Å². The molecule has 1 aliphatic rings. The zero-order chi connectivity index (χ0) is 15.5. The molecule has 0 aliphatic carbocycles. The molecule has 21 heavy (non-hydrogen) atoms. The molecule has 8 heteroatoms. The molecule has 0 radical (unpaired) electrons. The second-order valence-electron chi connectivity index (χ2n) is 4.99. The summed E-state index contributed by atoms with van der Waals surface area (Å²) in [5, 5.41) is 8.68. The van der Waals surface area contributed by atoms with Gasteiger partial charge in [0.1, 0.15) is 0 Å². The fourth-order valence-electron chi connectivity index (χ4n) is 2.34. The van der Waals surface area contributed by atoms with Crippen LogP contribution in [0.4, 0.5) is 0 Å². The first-order valence-electron chi connectivity index (χ1n) is 6.63. The highest BCUT2D eigenvalue weighted by Crippen LogP contribution is 2.23. The number of aromatic carboxylic acids is 1. The van der Waals surface area contributed by atoms with Crippen LogP contribution >= 0.6 is 0 Å². The highest BCUT2D eigenvalue weighted by Gasteiger charge is 2.30. The van der Waals surface area contributed by atoms with Crippen LogP contribution < -0.4 is 0 Å². The molecule has 0 amide bonds. The second-order valence-corrected chi connectivity index (χ2v) is 6.88. The molecule has 116 valence electrons. The van der Waals surface area contributed by atoms with Crippen LogP contribution in [0.1, 0.15) is 23.2 Å². The maximum absolute atomic E-state index is 12.4. The number of carboxylic acids is 1. The third-order valence-corrected chi connectivity index (χ3v) is 5.38. The van der Waals surface area contributed by atoms with Crippen LogP contribution in [0.3, 0.4) is 0 Å². The van der Waals surface area contributed by atoms with Crippen molar-refractivity contribution in [3.8, 4) is 0 Å². The van der Waals surface area contributed by atoms with E-state index in [4.69, 9.17) is 9.84 Å². The van der Waals surface area contributed by atoms with Crippen LogP contribution in [0, 0.1) is 5.92 Å². The molecular formula is C13H18N2O5S. The van der Waals surface area contributed by atoms with Crippen molar-refractivity contribution in [1.82, 2.24) is 9.29 Å². The Labute approximate surface area is 123 Å². The molecule has 0 unspecified atom stereocenters. The average Bonchev–Trinajstić information content (AvgIpc) is 2.48. The molecule has 1 fully saturated rings. The largest absolute Gasteiger partial charge is 0.478 e. The van der Waals surface area contributed by atoms with Crippen molar-refractivity contribution in [1.29, 1.82) is 0 Å². The second kappa shape index (κ2) is 6.50. The fraction of sp³-hybridized carbons (Fsp3) is 0.538. The first-order valence-corrected chi connectivity index (χ1v) is 8.07. The summed E-state index contributed by atoms with van der Waals surface area (Å²) in [6.07, 6.45) is 2.56. The molecule has 0 saturated carbocycles. The predicted octanol–water partition coefficient (Wildman–Crippen LogP) is 0.827. The summed E-state index contributed by atoms with van der Waals surface area (Å²) in [7, 11) is -2.02. The third kappa shape index (κ3) is 3.58. The molecule has 1 aromatic heterocycles. The number of aromatic nitrogens is 1. The third-order valence-electron chi connectivity index (χ3n) is 3.56. The summed E-state index contributed by atoms with van der Waals surface area (Å²) >= 11 is 0. The first kappa shape index (κ1) is 15.9. The Hall–Kier alpha value is -1.51. The van der Waals surface area contributed by atoms with Crippen LogP contribution in [0.15, 0.2) is 23.4 Å². The van der Waals surface area contributed by atoms with Gasteiger partial charge in [0.25, 0.3) is 10.0 Å². The van der Waals surface area contributed by atoms with Crippen LogP contribution in [0.25, 0.3) is 0 Å². The van der Waals surface area contributed by atoms with Gasteiger partial charge in [-0.1, -0.05) is 0 Å². The Bertz CT molecular complexity index is 591. The number of hydrogen-bond donors (Lipinski definition) is 1. The van der Waals surface area contributed by atoms with E-state index in [1.54, 1.807) is 7.11 Å². The van der Waals surface area contributed by atoms with E-state index in [1.807, 2.05) is 0 Å². The van der Waals surface area contributed by atoms with Crippen molar-refractivity contribution in [3.63, 3.8) is 0 Å². The number of ether oxygens (including phenoxy) is 1. The lowest BCUT2D eigenvalue weighted by Crippen LogP contribution is -2.39. The normalized spacial score (nSPS) is 17.8. The van der Waals surface area contributed by atoms with Gasteiger partial charge in [0, 0.05) is 33.0 Å². The Kier molecular flexibility index (Phi) is 4.92. The highest BCUT2D eigenvalue weighted by molar-refractivity contribution is 7.89. The summed E-state index contributed by atoms with van der Waals surface area (Å²) in [5.74, 6) is -0.754. The van der Waals surface area contributed by atoms with Gasteiger partial charge in [-0.25, -0.2) is 18.2 Å². The minimum absolute atomic E-state index is 0.0345. The minimum Gasteiger partial charge on any atom is -0.478 e. The summed E-state index contributed by atoms with van der Waals surface area (Å²) in [6.45, 7) is 1.50.